The van der Waals surface area contributed by atoms with E-state index in [-0.39, 0.29) is 11.4 Å². The first-order chi connectivity index (χ1) is 9.40. The lowest BCUT2D eigenvalue weighted by molar-refractivity contribution is -0.141. The molecule has 3 nitrogen and oxygen atoms in total. The van der Waals surface area contributed by atoms with Gasteiger partial charge in [0.15, 0.2) is 0 Å². The van der Waals surface area contributed by atoms with Gasteiger partial charge >= 0.3 is 6.18 Å². The molecule has 0 saturated carbocycles. The molecule has 0 aliphatic rings. The number of aromatic nitrogens is 1. The molecular weight excluding hydrogens is 291 g/mol. The Kier molecular flexibility index (Phi) is 3.81. The van der Waals surface area contributed by atoms with Crippen LogP contribution in [-0.2, 0) is 6.18 Å². The number of alkyl halides is 3. The van der Waals surface area contributed by atoms with Crippen LogP contribution in [-0.4, -0.2) is 4.98 Å². The van der Waals surface area contributed by atoms with Crippen molar-refractivity contribution in [3.8, 4) is 6.07 Å². The molecule has 0 unspecified atom stereocenters. The van der Waals surface area contributed by atoms with Crippen molar-refractivity contribution in [1.29, 1.82) is 5.26 Å². The van der Waals surface area contributed by atoms with Gasteiger partial charge in [0.25, 0.3) is 0 Å². The van der Waals surface area contributed by atoms with Gasteiger partial charge in [-0.2, -0.15) is 18.4 Å². The van der Waals surface area contributed by atoms with Gasteiger partial charge in [0.2, 0.25) is 0 Å². The Labute approximate surface area is 117 Å². The Bertz CT molecular complexity index is 677. The molecule has 2 aromatic rings. The van der Waals surface area contributed by atoms with Crippen molar-refractivity contribution in [1.82, 2.24) is 4.98 Å². The van der Waals surface area contributed by atoms with E-state index in [0.717, 1.165) is 12.1 Å². The minimum atomic E-state index is -4.57. The van der Waals surface area contributed by atoms with Crippen molar-refractivity contribution in [2.24, 2.45) is 0 Å². The SMILES string of the molecule is N#Cc1ccc(C(F)(F)F)nc1Nc1cccc(Cl)c1. The molecule has 1 heterocycles. The molecule has 0 fully saturated rings. The number of halogens is 4. The minimum Gasteiger partial charge on any atom is -0.339 e. The third-order valence-corrected chi connectivity index (χ3v) is 2.63. The highest BCUT2D eigenvalue weighted by Gasteiger charge is 2.33. The number of nitriles is 1. The molecule has 0 aliphatic heterocycles. The lowest BCUT2D eigenvalue weighted by Crippen LogP contribution is -2.10. The van der Waals surface area contributed by atoms with Gasteiger partial charge in [0.1, 0.15) is 17.6 Å². The lowest BCUT2D eigenvalue weighted by Gasteiger charge is -2.11. The molecular formula is C13H7ClF3N3. The van der Waals surface area contributed by atoms with Crippen molar-refractivity contribution in [2.45, 2.75) is 6.18 Å². The number of anilines is 2. The van der Waals surface area contributed by atoms with E-state index >= 15 is 0 Å². The molecule has 1 aromatic heterocycles. The van der Waals surface area contributed by atoms with Crippen LogP contribution < -0.4 is 5.32 Å². The number of nitrogens with one attached hydrogen (secondary N) is 1. The highest BCUT2D eigenvalue weighted by Crippen LogP contribution is 2.30. The molecule has 1 aromatic carbocycles. The molecule has 0 bridgehead atoms. The maximum absolute atomic E-state index is 12.6. The normalized spacial score (nSPS) is 10.9. The third kappa shape index (κ3) is 3.19. The van der Waals surface area contributed by atoms with Gasteiger partial charge in [0, 0.05) is 10.7 Å². The zero-order valence-corrected chi connectivity index (χ0v) is 10.6. The Hall–Kier alpha value is -2.26. The van der Waals surface area contributed by atoms with Gasteiger partial charge in [-0.05, 0) is 30.3 Å². The van der Waals surface area contributed by atoms with Crippen molar-refractivity contribution in [3.05, 3.63) is 52.7 Å². The first-order valence-corrected chi connectivity index (χ1v) is 5.79. The van der Waals surface area contributed by atoms with Gasteiger partial charge in [0.05, 0.1) is 5.56 Å². The topological polar surface area (TPSA) is 48.7 Å². The molecule has 7 heteroatoms. The molecule has 0 amide bonds. The van der Waals surface area contributed by atoms with E-state index in [1.165, 1.54) is 6.07 Å². The molecule has 2 rings (SSSR count). The summed E-state index contributed by atoms with van der Waals surface area (Å²) in [5.74, 6) is -0.162. The van der Waals surface area contributed by atoms with Gasteiger partial charge in [-0.15, -0.1) is 0 Å². The molecule has 0 aliphatic carbocycles. The van der Waals surface area contributed by atoms with Crippen LogP contribution in [0.4, 0.5) is 24.7 Å². The Morgan fingerprint density at radius 3 is 2.55 bits per heavy atom. The molecule has 0 spiro atoms. The first kappa shape index (κ1) is 14.2. The van der Waals surface area contributed by atoms with Crippen molar-refractivity contribution >= 4 is 23.1 Å². The summed E-state index contributed by atoms with van der Waals surface area (Å²) in [5.41, 5.74) is -0.611. The summed E-state index contributed by atoms with van der Waals surface area (Å²) in [7, 11) is 0. The van der Waals surface area contributed by atoms with Gasteiger partial charge < -0.3 is 5.32 Å². The van der Waals surface area contributed by atoms with Crippen molar-refractivity contribution in [3.63, 3.8) is 0 Å². The predicted molar refractivity (Wildman–Crippen MR) is 68.7 cm³/mol. The van der Waals surface area contributed by atoms with Crippen LogP contribution >= 0.6 is 11.6 Å². The van der Waals surface area contributed by atoms with Crippen LogP contribution in [0, 0.1) is 11.3 Å². The summed E-state index contributed by atoms with van der Waals surface area (Å²) in [4.78, 5) is 3.44. The number of hydrogen-bond acceptors (Lipinski definition) is 3. The molecule has 0 atom stereocenters. The maximum atomic E-state index is 12.6. The van der Waals surface area contributed by atoms with Crippen LogP contribution in [0.3, 0.4) is 0 Å². The summed E-state index contributed by atoms with van der Waals surface area (Å²) >= 11 is 5.78. The van der Waals surface area contributed by atoms with Gasteiger partial charge in [-0.25, -0.2) is 4.98 Å². The maximum Gasteiger partial charge on any atom is 0.433 e. The second kappa shape index (κ2) is 5.39. The second-order valence-electron chi connectivity index (χ2n) is 3.84. The fraction of sp³-hybridized carbons (Fsp3) is 0.0769. The average Bonchev–Trinajstić information content (AvgIpc) is 2.37. The van der Waals surface area contributed by atoms with E-state index in [1.54, 1.807) is 24.3 Å². The fourth-order valence-electron chi connectivity index (χ4n) is 1.51. The molecule has 0 saturated heterocycles. The molecule has 0 radical (unpaired) electrons. The predicted octanol–water partition coefficient (Wildman–Crippen LogP) is 4.37. The molecule has 102 valence electrons. The number of nitrogens with zero attached hydrogens (tertiary/aromatic N) is 2. The van der Waals surface area contributed by atoms with Crippen LogP contribution in [0.5, 0.6) is 0 Å². The summed E-state index contributed by atoms with van der Waals surface area (Å²) in [6.45, 7) is 0. The van der Waals surface area contributed by atoms with Crippen LogP contribution in [0.15, 0.2) is 36.4 Å². The highest BCUT2D eigenvalue weighted by atomic mass is 35.5. The summed E-state index contributed by atoms with van der Waals surface area (Å²) < 4.78 is 37.8. The summed E-state index contributed by atoms with van der Waals surface area (Å²) in [5, 5.41) is 12.0. The largest absolute Gasteiger partial charge is 0.433 e. The van der Waals surface area contributed by atoms with E-state index in [2.05, 4.69) is 10.3 Å². The van der Waals surface area contributed by atoms with E-state index in [1.807, 2.05) is 0 Å². The van der Waals surface area contributed by atoms with Gasteiger partial charge in [-0.3, -0.25) is 0 Å². The monoisotopic (exact) mass is 297 g/mol. The average molecular weight is 298 g/mol. The zero-order chi connectivity index (χ0) is 14.8. The standard InChI is InChI=1S/C13H7ClF3N3/c14-9-2-1-3-10(6-9)19-12-8(7-18)4-5-11(20-12)13(15,16)17/h1-6H,(H,19,20). The van der Waals surface area contributed by atoms with Crippen LogP contribution in [0.1, 0.15) is 11.3 Å². The number of benzene rings is 1. The van der Waals surface area contributed by atoms with Gasteiger partial charge in [-0.1, -0.05) is 17.7 Å². The van der Waals surface area contributed by atoms with E-state index < -0.39 is 11.9 Å². The quantitative estimate of drug-likeness (QED) is 0.895. The van der Waals surface area contributed by atoms with Crippen LogP contribution in [0.2, 0.25) is 5.02 Å². The zero-order valence-electron chi connectivity index (χ0n) is 9.87. The van der Waals surface area contributed by atoms with Crippen molar-refractivity contribution in [2.75, 3.05) is 5.32 Å². The van der Waals surface area contributed by atoms with Crippen molar-refractivity contribution < 1.29 is 13.2 Å². The van der Waals surface area contributed by atoms with Crippen LogP contribution in [0.25, 0.3) is 0 Å². The second-order valence-corrected chi connectivity index (χ2v) is 4.27. The Balaban J connectivity index is 2.42. The molecule has 20 heavy (non-hydrogen) atoms. The van der Waals surface area contributed by atoms with E-state index in [0.29, 0.717) is 10.7 Å². The van der Waals surface area contributed by atoms with E-state index in [4.69, 9.17) is 16.9 Å². The third-order valence-electron chi connectivity index (χ3n) is 2.39. The number of rotatable bonds is 2. The Morgan fingerprint density at radius 2 is 1.95 bits per heavy atom. The summed E-state index contributed by atoms with van der Waals surface area (Å²) in [6, 6.07) is 10.00. The smallest absolute Gasteiger partial charge is 0.339 e. The fourth-order valence-corrected chi connectivity index (χ4v) is 1.70. The van der Waals surface area contributed by atoms with E-state index in [9.17, 15) is 13.2 Å². The summed E-state index contributed by atoms with van der Waals surface area (Å²) in [6.07, 6.45) is -4.57. The highest BCUT2D eigenvalue weighted by molar-refractivity contribution is 6.30. The molecule has 1 N–H and O–H groups in total. The lowest BCUT2D eigenvalue weighted by atomic mass is 10.2. The minimum absolute atomic E-state index is 0.0120. The Morgan fingerprint density at radius 1 is 1.20 bits per heavy atom. The number of pyridine rings is 1. The number of hydrogen-bond donors (Lipinski definition) is 1. The first-order valence-electron chi connectivity index (χ1n) is 5.41.